The van der Waals surface area contributed by atoms with E-state index in [9.17, 15) is 4.79 Å². The Morgan fingerprint density at radius 3 is 2.74 bits per heavy atom. The van der Waals surface area contributed by atoms with Crippen LogP contribution in [0.5, 0.6) is 0 Å². The van der Waals surface area contributed by atoms with Crippen LogP contribution in [0.4, 0.5) is 0 Å². The summed E-state index contributed by atoms with van der Waals surface area (Å²) in [7, 11) is 0. The Morgan fingerprint density at radius 1 is 1.53 bits per heavy atom. The minimum atomic E-state index is -0.0795. The molecule has 106 valence electrons. The molecule has 1 saturated carbocycles. The van der Waals surface area contributed by atoms with Crippen LogP contribution in [0.25, 0.3) is 0 Å². The molecule has 1 aliphatic carbocycles. The lowest BCUT2D eigenvalue weighted by atomic mass is 9.84. The Balaban J connectivity index is 2.01. The van der Waals surface area contributed by atoms with Crippen molar-refractivity contribution in [2.24, 2.45) is 11.7 Å². The van der Waals surface area contributed by atoms with E-state index in [4.69, 9.17) is 17.3 Å². The van der Waals surface area contributed by atoms with Gasteiger partial charge in [-0.1, -0.05) is 30.9 Å². The van der Waals surface area contributed by atoms with Gasteiger partial charge in [0.15, 0.2) is 0 Å². The van der Waals surface area contributed by atoms with Crippen LogP contribution in [-0.4, -0.2) is 18.5 Å². The molecule has 1 atom stereocenters. The molecule has 3 nitrogen and oxygen atoms in total. The van der Waals surface area contributed by atoms with Crippen molar-refractivity contribution in [3.63, 3.8) is 0 Å². The number of nitrogens with one attached hydrogen (secondary N) is 1. The molecular weight excluding hydrogens is 280 g/mol. The zero-order chi connectivity index (χ0) is 13.8. The number of hydrogen-bond acceptors (Lipinski definition) is 3. The molecule has 3 N–H and O–H groups in total. The Labute approximate surface area is 123 Å². The molecule has 0 saturated heterocycles. The smallest absolute Gasteiger partial charge is 0.263 e. The zero-order valence-electron chi connectivity index (χ0n) is 11.2. The molecule has 0 aromatic carbocycles. The summed E-state index contributed by atoms with van der Waals surface area (Å²) in [4.78, 5) is 12.9. The van der Waals surface area contributed by atoms with Gasteiger partial charge in [-0.2, -0.15) is 0 Å². The predicted octanol–water partition coefficient (Wildman–Crippen LogP) is 3.35. The first-order valence-electron chi connectivity index (χ1n) is 6.88. The number of halogens is 1. The summed E-state index contributed by atoms with van der Waals surface area (Å²) in [6, 6.07) is 0.0753. The van der Waals surface area contributed by atoms with Crippen molar-refractivity contribution < 1.29 is 4.79 Å². The van der Waals surface area contributed by atoms with Crippen molar-refractivity contribution >= 4 is 28.8 Å². The molecular formula is C14H21ClN2OS. The lowest BCUT2D eigenvalue weighted by molar-refractivity contribution is 0.0920. The molecule has 5 heteroatoms. The standard InChI is InChI=1S/C14H21ClN2OS/c1-9-8-19-13(12(9)15)14(18)17-11(7-16)10-5-3-2-4-6-10/h8,10-11H,2-7,16H2,1H3,(H,17,18). The fourth-order valence-corrected chi connectivity index (χ4v) is 3.90. The molecule has 0 bridgehead atoms. The first-order chi connectivity index (χ1) is 9.13. The highest BCUT2D eigenvalue weighted by molar-refractivity contribution is 7.13. The van der Waals surface area contributed by atoms with E-state index in [1.807, 2.05) is 12.3 Å². The van der Waals surface area contributed by atoms with E-state index >= 15 is 0 Å². The summed E-state index contributed by atoms with van der Waals surface area (Å²) in [6.07, 6.45) is 6.13. The number of thiophene rings is 1. The molecule has 1 amide bonds. The summed E-state index contributed by atoms with van der Waals surface area (Å²) in [5.41, 5.74) is 6.79. The van der Waals surface area contributed by atoms with Gasteiger partial charge in [-0.25, -0.2) is 0 Å². The average Bonchev–Trinajstić information content (AvgIpc) is 2.77. The van der Waals surface area contributed by atoms with E-state index in [2.05, 4.69) is 5.32 Å². The SMILES string of the molecule is Cc1csc(C(=O)NC(CN)C2CCCCC2)c1Cl. The Morgan fingerprint density at radius 2 is 2.21 bits per heavy atom. The number of rotatable bonds is 4. The van der Waals surface area contributed by atoms with Crippen molar-refractivity contribution in [1.29, 1.82) is 0 Å². The van der Waals surface area contributed by atoms with Crippen LogP contribution >= 0.6 is 22.9 Å². The summed E-state index contributed by atoms with van der Waals surface area (Å²) in [5, 5.41) is 5.55. The molecule has 19 heavy (non-hydrogen) atoms. The van der Waals surface area contributed by atoms with E-state index in [1.54, 1.807) is 0 Å². The highest BCUT2D eigenvalue weighted by Crippen LogP contribution is 2.29. The van der Waals surface area contributed by atoms with Gasteiger partial charge in [0.2, 0.25) is 0 Å². The van der Waals surface area contributed by atoms with Crippen LogP contribution in [0.1, 0.15) is 47.3 Å². The van der Waals surface area contributed by atoms with Gasteiger partial charge in [0, 0.05) is 12.6 Å². The highest BCUT2D eigenvalue weighted by Gasteiger charge is 2.25. The lowest BCUT2D eigenvalue weighted by Crippen LogP contribution is -2.45. The van der Waals surface area contributed by atoms with E-state index in [1.165, 1.54) is 43.4 Å². The van der Waals surface area contributed by atoms with Gasteiger partial charge in [-0.05, 0) is 36.6 Å². The van der Waals surface area contributed by atoms with Crippen LogP contribution in [0.15, 0.2) is 5.38 Å². The molecule has 1 aromatic rings. The number of amides is 1. The zero-order valence-corrected chi connectivity index (χ0v) is 12.8. The summed E-state index contributed by atoms with van der Waals surface area (Å²) < 4.78 is 0. The number of carbonyl (C=O) groups is 1. The Bertz CT molecular complexity index is 441. The first kappa shape index (κ1) is 14.8. The van der Waals surface area contributed by atoms with Crippen molar-refractivity contribution in [2.75, 3.05) is 6.54 Å². The second-order valence-electron chi connectivity index (χ2n) is 5.28. The van der Waals surface area contributed by atoms with Crippen LogP contribution < -0.4 is 11.1 Å². The topological polar surface area (TPSA) is 55.1 Å². The monoisotopic (exact) mass is 300 g/mol. The Hall–Kier alpha value is -0.580. The normalized spacial score (nSPS) is 18.3. The van der Waals surface area contributed by atoms with Gasteiger partial charge in [0.1, 0.15) is 4.88 Å². The van der Waals surface area contributed by atoms with Crippen molar-refractivity contribution in [3.8, 4) is 0 Å². The molecule has 1 aliphatic rings. The van der Waals surface area contributed by atoms with Crippen LogP contribution in [0.3, 0.4) is 0 Å². The molecule has 1 heterocycles. The fraction of sp³-hybridized carbons (Fsp3) is 0.643. The van der Waals surface area contributed by atoms with Crippen molar-refractivity contribution in [2.45, 2.75) is 45.1 Å². The molecule has 0 aliphatic heterocycles. The van der Waals surface area contributed by atoms with Gasteiger partial charge in [-0.15, -0.1) is 11.3 Å². The maximum Gasteiger partial charge on any atom is 0.263 e. The van der Waals surface area contributed by atoms with Crippen LogP contribution in [-0.2, 0) is 0 Å². The second kappa shape index (κ2) is 6.73. The van der Waals surface area contributed by atoms with Crippen LogP contribution in [0.2, 0.25) is 5.02 Å². The third-order valence-corrected chi connectivity index (χ3v) is 5.59. The molecule has 0 spiro atoms. The number of aryl methyl sites for hydroxylation is 1. The summed E-state index contributed by atoms with van der Waals surface area (Å²) in [6.45, 7) is 2.41. The van der Waals surface area contributed by atoms with Gasteiger partial charge < -0.3 is 11.1 Å². The van der Waals surface area contributed by atoms with Gasteiger partial charge in [-0.3, -0.25) is 4.79 Å². The van der Waals surface area contributed by atoms with E-state index in [0.717, 1.165) is 5.56 Å². The van der Waals surface area contributed by atoms with E-state index in [-0.39, 0.29) is 11.9 Å². The molecule has 1 aromatic heterocycles. The third-order valence-electron chi connectivity index (χ3n) is 3.89. The van der Waals surface area contributed by atoms with Gasteiger partial charge >= 0.3 is 0 Å². The average molecular weight is 301 g/mol. The first-order valence-corrected chi connectivity index (χ1v) is 8.13. The highest BCUT2D eigenvalue weighted by atomic mass is 35.5. The maximum absolute atomic E-state index is 12.3. The van der Waals surface area contributed by atoms with Crippen LogP contribution in [0, 0.1) is 12.8 Å². The molecule has 0 radical (unpaired) electrons. The fourth-order valence-electron chi connectivity index (χ4n) is 2.72. The maximum atomic E-state index is 12.3. The van der Waals surface area contributed by atoms with Crippen molar-refractivity contribution in [1.82, 2.24) is 5.32 Å². The molecule has 1 fully saturated rings. The molecule has 2 rings (SSSR count). The number of nitrogens with two attached hydrogens (primary N) is 1. The minimum Gasteiger partial charge on any atom is -0.347 e. The lowest BCUT2D eigenvalue weighted by Gasteiger charge is -2.30. The van der Waals surface area contributed by atoms with E-state index < -0.39 is 0 Å². The van der Waals surface area contributed by atoms with Crippen molar-refractivity contribution in [3.05, 3.63) is 20.8 Å². The number of carbonyl (C=O) groups excluding carboxylic acids is 1. The van der Waals surface area contributed by atoms with E-state index in [0.29, 0.717) is 22.4 Å². The Kier molecular flexibility index (Phi) is 5.25. The summed E-state index contributed by atoms with van der Waals surface area (Å²) >= 11 is 7.53. The van der Waals surface area contributed by atoms with Gasteiger partial charge in [0.05, 0.1) is 5.02 Å². The molecule has 1 unspecified atom stereocenters. The number of hydrogen-bond donors (Lipinski definition) is 2. The largest absolute Gasteiger partial charge is 0.347 e. The minimum absolute atomic E-state index is 0.0753. The second-order valence-corrected chi connectivity index (χ2v) is 6.53. The quantitative estimate of drug-likeness (QED) is 0.896. The van der Waals surface area contributed by atoms with Gasteiger partial charge in [0.25, 0.3) is 5.91 Å². The predicted molar refractivity (Wildman–Crippen MR) is 80.9 cm³/mol. The summed E-state index contributed by atoms with van der Waals surface area (Å²) in [5.74, 6) is 0.437. The third kappa shape index (κ3) is 3.50.